The largest absolute Gasteiger partial charge is 0.504 e. The van der Waals surface area contributed by atoms with Crippen LogP contribution in [-0.4, -0.2) is 11.7 Å². The molecule has 2 heterocycles. The van der Waals surface area contributed by atoms with E-state index in [1.54, 1.807) is 12.1 Å². The summed E-state index contributed by atoms with van der Waals surface area (Å²) >= 11 is 0. The Kier molecular flexibility index (Phi) is 1.48. The Hall–Kier alpha value is -2.10. The molecule has 0 radical (unpaired) electrons. The number of nitrogens with two attached hydrogens (primary N) is 1. The van der Waals surface area contributed by atoms with Crippen LogP contribution in [-0.2, 0) is 0 Å². The molecule has 2 aromatic rings. The molecule has 0 spiro atoms. The van der Waals surface area contributed by atoms with Crippen LogP contribution < -0.4 is 10.5 Å². The van der Waals surface area contributed by atoms with Gasteiger partial charge in [0.2, 0.25) is 0 Å². The van der Waals surface area contributed by atoms with Gasteiger partial charge in [0.1, 0.15) is 12.2 Å². The molecular formula is C11H9NO3. The summed E-state index contributed by atoms with van der Waals surface area (Å²) in [5, 5.41) is 10.5. The number of ether oxygens (including phenoxy) is 1. The smallest absolute Gasteiger partial charge is 0.191 e. The number of hydrogen-bond donors (Lipinski definition) is 2. The first-order valence-electron chi connectivity index (χ1n) is 4.60. The van der Waals surface area contributed by atoms with Gasteiger partial charge in [0.05, 0.1) is 5.39 Å². The monoisotopic (exact) mass is 203 g/mol. The fourth-order valence-corrected chi connectivity index (χ4v) is 1.76. The topological polar surface area (TPSA) is 68.6 Å². The van der Waals surface area contributed by atoms with Gasteiger partial charge in [-0.25, -0.2) is 0 Å². The molecule has 1 aliphatic heterocycles. The van der Waals surface area contributed by atoms with Crippen LogP contribution in [0.15, 0.2) is 22.6 Å². The van der Waals surface area contributed by atoms with Crippen molar-refractivity contribution in [3.8, 4) is 11.5 Å². The zero-order chi connectivity index (χ0) is 10.4. The predicted octanol–water partition coefficient (Wildman–Crippen LogP) is 2.13. The number of hydrogen-bond acceptors (Lipinski definition) is 4. The van der Waals surface area contributed by atoms with Crippen molar-refractivity contribution in [2.45, 2.75) is 0 Å². The Balaban J connectivity index is 2.41. The van der Waals surface area contributed by atoms with E-state index in [0.29, 0.717) is 23.3 Å². The van der Waals surface area contributed by atoms with Crippen LogP contribution in [0, 0.1) is 0 Å². The molecule has 4 heteroatoms. The molecule has 1 aromatic carbocycles. The van der Waals surface area contributed by atoms with Crippen molar-refractivity contribution in [1.29, 1.82) is 0 Å². The number of anilines is 1. The van der Waals surface area contributed by atoms with Gasteiger partial charge in [-0.3, -0.25) is 0 Å². The number of rotatable bonds is 0. The summed E-state index contributed by atoms with van der Waals surface area (Å²) in [6, 6.07) is 3.39. The highest BCUT2D eigenvalue weighted by Gasteiger charge is 2.17. The third-order valence-electron chi connectivity index (χ3n) is 2.42. The van der Waals surface area contributed by atoms with Gasteiger partial charge in [0.15, 0.2) is 17.4 Å². The summed E-state index contributed by atoms with van der Waals surface area (Å²) in [4.78, 5) is 0. The summed E-state index contributed by atoms with van der Waals surface area (Å²) in [5.41, 5.74) is 6.90. The molecule has 0 atom stereocenters. The second-order valence-electron chi connectivity index (χ2n) is 3.42. The van der Waals surface area contributed by atoms with Crippen molar-refractivity contribution in [2.75, 3.05) is 12.3 Å². The number of fused-ring (bicyclic) bond motifs is 2. The molecule has 4 nitrogen and oxygen atoms in total. The van der Waals surface area contributed by atoms with Crippen molar-refractivity contribution in [2.24, 2.45) is 0 Å². The second-order valence-corrected chi connectivity index (χ2v) is 3.42. The van der Waals surface area contributed by atoms with Crippen molar-refractivity contribution in [3.63, 3.8) is 0 Å². The molecule has 0 saturated carbocycles. The summed E-state index contributed by atoms with van der Waals surface area (Å²) < 4.78 is 10.6. The maximum absolute atomic E-state index is 9.93. The van der Waals surface area contributed by atoms with E-state index in [9.17, 15) is 5.11 Å². The quantitative estimate of drug-likeness (QED) is 0.688. The van der Waals surface area contributed by atoms with Gasteiger partial charge in [0.25, 0.3) is 0 Å². The zero-order valence-corrected chi connectivity index (χ0v) is 7.86. The van der Waals surface area contributed by atoms with Gasteiger partial charge in [0, 0.05) is 11.6 Å². The molecule has 15 heavy (non-hydrogen) atoms. The Morgan fingerprint density at radius 2 is 2.20 bits per heavy atom. The van der Waals surface area contributed by atoms with Gasteiger partial charge in [-0.15, -0.1) is 0 Å². The first-order chi connectivity index (χ1) is 7.25. The standard InChI is InChI=1S/C11H9NO3/c12-9-5-7-8(15-9)4-6-2-1-3-14-11(6)10(7)13/h1-2,4-5,13H,3,12H2. The molecule has 1 aromatic heterocycles. The zero-order valence-electron chi connectivity index (χ0n) is 7.86. The maximum Gasteiger partial charge on any atom is 0.191 e. The average molecular weight is 203 g/mol. The summed E-state index contributed by atoms with van der Waals surface area (Å²) in [6.07, 6.45) is 3.76. The molecule has 0 saturated heterocycles. The molecule has 3 N–H and O–H groups in total. The molecular weight excluding hydrogens is 194 g/mol. The first-order valence-corrected chi connectivity index (χ1v) is 4.60. The van der Waals surface area contributed by atoms with Gasteiger partial charge in [-0.1, -0.05) is 6.08 Å². The third kappa shape index (κ3) is 1.08. The van der Waals surface area contributed by atoms with Crippen LogP contribution in [0.1, 0.15) is 5.56 Å². The van der Waals surface area contributed by atoms with Crippen molar-refractivity contribution in [1.82, 2.24) is 0 Å². The van der Waals surface area contributed by atoms with E-state index in [-0.39, 0.29) is 11.6 Å². The highest BCUT2D eigenvalue weighted by molar-refractivity contribution is 5.92. The number of nitrogen functional groups attached to an aromatic ring is 1. The lowest BCUT2D eigenvalue weighted by Crippen LogP contribution is -2.00. The molecule has 0 amide bonds. The van der Waals surface area contributed by atoms with Crippen molar-refractivity contribution < 1.29 is 14.3 Å². The molecule has 76 valence electrons. The van der Waals surface area contributed by atoms with Crippen molar-refractivity contribution in [3.05, 3.63) is 23.8 Å². The van der Waals surface area contributed by atoms with Crippen LogP contribution in [0.4, 0.5) is 5.88 Å². The van der Waals surface area contributed by atoms with Crippen LogP contribution >= 0.6 is 0 Å². The summed E-state index contributed by atoms with van der Waals surface area (Å²) in [6.45, 7) is 0.472. The van der Waals surface area contributed by atoms with Crippen LogP contribution in [0.3, 0.4) is 0 Å². The number of phenols is 1. The molecule has 1 aliphatic rings. The minimum Gasteiger partial charge on any atom is -0.504 e. The number of benzene rings is 1. The second kappa shape index (κ2) is 2.70. The SMILES string of the molecule is Nc1cc2c(O)c3c(cc2o1)C=CCO3. The molecule has 0 unspecified atom stereocenters. The predicted molar refractivity (Wildman–Crippen MR) is 56.8 cm³/mol. The lowest BCUT2D eigenvalue weighted by Gasteiger charge is -2.13. The van der Waals surface area contributed by atoms with E-state index < -0.39 is 0 Å². The molecule has 0 aliphatic carbocycles. The fourth-order valence-electron chi connectivity index (χ4n) is 1.76. The minimum absolute atomic E-state index is 0.0901. The van der Waals surface area contributed by atoms with Crippen LogP contribution in [0.25, 0.3) is 17.0 Å². The Morgan fingerprint density at radius 1 is 1.33 bits per heavy atom. The molecule has 0 fully saturated rings. The highest BCUT2D eigenvalue weighted by atomic mass is 16.5. The summed E-state index contributed by atoms with van der Waals surface area (Å²) in [7, 11) is 0. The lowest BCUT2D eigenvalue weighted by atomic mass is 10.1. The molecule has 3 rings (SSSR count). The van der Waals surface area contributed by atoms with Gasteiger partial charge in [-0.2, -0.15) is 0 Å². The van der Waals surface area contributed by atoms with E-state index >= 15 is 0 Å². The van der Waals surface area contributed by atoms with E-state index in [1.807, 2.05) is 12.2 Å². The Labute approximate surface area is 85.6 Å². The first kappa shape index (κ1) is 8.23. The number of aromatic hydroxyl groups is 1. The lowest BCUT2D eigenvalue weighted by molar-refractivity contribution is 0.334. The number of phenolic OH excluding ortho intramolecular Hbond substituents is 1. The Morgan fingerprint density at radius 3 is 3.07 bits per heavy atom. The highest BCUT2D eigenvalue weighted by Crippen LogP contribution is 2.41. The van der Waals surface area contributed by atoms with E-state index in [4.69, 9.17) is 14.9 Å². The minimum atomic E-state index is 0.0901. The van der Waals surface area contributed by atoms with Gasteiger partial charge < -0.3 is 20.0 Å². The van der Waals surface area contributed by atoms with Gasteiger partial charge >= 0.3 is 0 Å². The van der Waals surface area contributed by atoms with Gasteiger partial charge in [-0.05, 0) is 12.1 Å². The van der Waals surface area contributed by atoms with E-state index in [2.05, 4.69) is 0 Å². The van der Waals surface area contributed by atoms with Crippen LogP contribution in [0.2, 0.25) is 0 Å². The third-order valence-corrected chi connectivity index (χ3v) is 2.42. The van der Waals surface area contributed by atoms with E-state index in [0.717, 1.165) is 5.56 Å². The number of furan rings is 1. The fraction of sp³-hybridized carbons (Fsp3) is 0.0909. The van der Waals surface area contributed by atoms with Crippen LogP contribution in [0.5, 0.6) is 11.5 Å². The summed E-state index contributed by atoms with van der Waals surface area (Å²) in [5.74, 6) is 0.865. The Bertz CT molecular complexity index is 569. The van der Waals surface area contributed by atoms with E-state index in [1.165, 1.54) is 0 Å². The normalized spacial score (nSPS) is 13.9. The average Bonchev–Trinajstić information content (AvgIpc) is 2.59. The van der Waals surface area contributed by atoms with Crippen molar-refractivity contribution >= 4 is 22.9 Å². The maximum atomic E-state index is 9.93. The molecule has 0 bridgehead atoms.